The first-order valence-corrected chi connectivity index (χ1v) is 9.77. The number of methoxy groups -OCH3 is 1. The van der Waals surface area contributed by atoms with Gasteiger partial charge >= 0.3 is 0 Å². The van der Waals surface area contributed by atoms with E-state index in [1.807, 2.05) is 12.1 Å². The summed E-state index contributed by atoms with van der Waals surface area (Å²) in [6, 6.07) is 17.0. The Kier molecular flexibility index (Phi) is 7.22. The third kappa shape index (κ3) is 6.05. The number of phenols is 1. The normalized spacial score (nSPS) is 10.4. The number of rotatable bonds is 8. The fourth-order valence-electron chi connectivity index (χ4n) is 3.01. The van der Waals surface area contributed by atoms with Crippen LogP contribution in [0.3, 0.4) is 0 Å². The first-order chi connectivity index (χ1) is 15.0. The van der Waals surface area contributed by atoms with Gasteiger partial charge in [0.25, 0.3) is 11.8 Å². The van der Waals surface area contributed by atoms with Gasteiger partial charge in [-0.3, -0.25) is 9.59 Å². The third-order valence-corrected chi connectivity index (χ3v) is 4.69. The van der Waals surface area contributed by atoms with Crippen LogP contribution in [0.15, 0.2) is 66.7 Å². The Hall–Kier alpha value is -3.87. The first kappa shape index (κ1) is 21.8. The number of ether oxygens (including phenoxy) is 1. The topological polar surface area (TPSA) is 87.7 Å². The molecule has 0 aromatic heterocycles. The van der Waals surface area contributed by atoms with Gasteiger partial charge in [-0.25, -0.2) is 4.39 Å². The van der Waals surface area contributed by atoms with Gasteiger partial charge in [0.1, 0.15) is 17.3 Å². The molecule has 0 saturated heterocycles. The van der Waals surface area contributed by atoms with E-state index in [9.17, 15) is 19.1 Å². The highest BCUT2D eigenvalue weighted by Gasteiger charge is 2.15. The monoisotopic (exact) mass is 422 g/mol. The zero-order chi connectivity index (χ0) is 22.2. The summed E-state index contributed by atoms with van der Waals surface area (Å²) in [5, 5.41) is 14.7. The summed E-state index contributed by atoms with van der Waals surface area (Å²) in [6.45, 7) is 0.406. The highest BCUT2D eigenvalue weighted by Crippen LogP contribution is 2.20. The number of hydrogen-bond acceptors (Lipinski definition) is 4. The molecule has 31 heavy (non-hydrogen) atoms. The molecule has 3 aromatic rings. The molecule has 6 nitrogen and oxygen atoms in total. The molecule has 0 spiro atoms. The van der Waals surface area contributed by atoms with Gasteiger partial charge < -0.3 is 20.5 Å². The average Bonchev–Trinajstić information content (AvgIpc) is 2.78. The second-order valence-corrected chi connectivity index (χ2v) is 6.90. The Morgan fingerprint density at radius 2 is 1.68 bits per heavy atom. The van der Waals surface area contributed by atoms with Crippen LogP contribution in [0.4, 0.5) is 10.1 Å². The average molecular weight is 422 g/mol. The van der Waals surface area contributed by atoms with Crippen molar-refractivity contribution in [1.29, 1.82) is 0 Å². The number of aromatic hydroxyl groups is 1. The van der Waals surface area contributed by atoms with Gasteiger partial charge in [0.05, 0.1) is 18.4 Å². The Morgan fingerprint density at radius 3 is 2.35 bits per heavy atom. The van der Waals surface area contributed by atoms with Crippen molar-refractivity contribution in [2.24, 2.45) is 0 Å². The maximum atomic E-state index is 13.8. The molecule has 0 aliphatic rings. The van der Waals surface area contributed by atoms with Crippen molar-refractivity contribution in [3.8, 4) is 11.5 Å². The lowest BCUT2D eigenvalue weighted by Gasteiger charge is -2.12. The Morgan fingerprint density at radius 1 is 0.968 bits per heavy atom. The summed E-state index contributed by atoms with van der Waals surface area (Å²) in [5.74, 6) is -0.619. The van der Waals surface area contributed by atoms with Crippen LogP contribution in [-0.2, 0) is 6.42 Å². The van der Waals surface area contributed by atoms with E-state index in [-0.39, 0.29) is 17.0 Å². The molecular weight excluding hydrogens is 399 g/mol. The quantitative estimate of drug-likeness (QED) is 0.476. The van der Waals surface area contributed by atoms with Crippen LogP contribution in [0.2, 0.25) is 0 Å². The van der Waals surface area contributed by atoms with Gasteiger partial charge in [-0.05, 0) is 73.0 Å². The van der Waals surface area contributed by atoms with Gasteiger partial charge in [0.2, 0.25) is 0 Å². The highest BCUT2D eigenvalue weighted by molar-refractivity contribution is 6.09. The molecule has 0 fully saturated rings. The summed E-state index contributed by atoms with van der Waals surface area (Å²) >= 11 is 0. The number of halogens is 1. The van der Waals surface area contributed by atoms with E-state index in [1.165, 1.54) is 19.2 Å². The van der Waals surface area contributed by atoms with Crippen LogP contribution in [0, 0.1) is 5.82 Å². The standard InChI is InChI=1S/C24H23FN2O4/c1-31-20-11-6-17(7-12-20)23(29)27-22-15-18(25)8-13-21(22)24(30)26-14-2-3-16-4-9-19(28)10-5-16/h4-13,15,28H,2-3,14H2,1H3,(H,26,30)(H,27,29). The molecule has 7 heteroatoms. The number of anilines is 1. The van der Waals surface area contributed by atoms with Crippen molar-refractivity contribution < 1.29 is 23.8 Å². The Bertz CT molecular complexity index is 1050. The fraction of sp³-hybridized carbons (Fsp3) is 0.167. The summed E-state index contributed by atoms with van der Waals surface area (Å²) in [5.41, 5.74) is 1.66. The number of carbonyl (C=O) groups excluding carboxylic acids is 2. The van der Waals surface area contributed by atoms with E-state index in [4.69, 9.17) is 4.74 Å². The van der Waals surface area contributed by atoms with Crippen molar-refractivity contribution in [1.82, 2.24) is 5.32 Å². The van der Waals surface area contributed by atoms with Crippen molar-refractivity contribution in [3.63, 3.8) is 0 Å². The fourth-order valence-corrected chi connectivity index (χ4v) is 3.01. The van der Waals surface area contributed by atoms with Crippen LogP contribution in [0.5, 0.6) is 11.5 Å². The van der Waals surface area contributed by atoms with Crippen molar-refractivity contribution in [2.75, 3.05) is 19.0 Å². The first-order valence-electron chi connectivity index (χ1n) is 9.77. The molecule has 3 rings (SSSR count). The minimum atomic E-state index is -0.561. The van der Waals surface area contributed by atoms with E-state index in [1.54, 1.807) is 36.4 Å². The molecule has 0 radical (unpaired) electrons. The zero-order valence-electron chi connectivity index (χ0n) is 17.0. The molecule has 160 valence electrons. The van der Waals surface area contributed by atoms with Gasteiger partial charge in [-0.15, -0.1) is 0 Å². The molecule has 0 atom stereocenters. The predicted octanol–water partition coefficient (Wildman–Crippen LogP) is 4.15. The zero-order valence-corrected chi connectivity index (χ0v) is 17.0. The van der Waals surface area contributed by atoms with Crippen molar-refractivity contribution >= 4 is 17.5 Å². The number of amides is 2. The molecular formula is C24H23FN2O4. The van der Waals surface area contributed by atoms with Gasteiger partial charge in [-0.2, -0.15) is 0 Å². The minimum Gasteiger partial charge on any atom is -0.508 e. The molecule has 3 aromatic carbocycles. The van der Waals surface area contributed by atoms with Crippen molar-refractivity contribution in [2.45, 2.75) is 12.8 Å². The number of benzene rings is 3. The maximum Gasteiger partial charge on any atom is 0.255 e. The largest absolute Gasteiger partial charge is 0.508 e. The molecule has 0 aliphatic heterocycles. The highest BCUT2D eigenvalue weighted by atomic mass is 19.1. The lowest BCUT2D eigenvalue weighted by molar-refractivity contribution is 0.0954. The van der Waals surface area contributed by atoms with Gasteiger partial charge in [0, 0.05) is 12.1 Å². The number of aryl methyl sites for hydroxylation is 1. The molecule has 2 amide bonds. The second-order valence-electron chi connectivity index (χ2n) is 6.90. The minimum absolute atomic E-state index is 0.0943. The van der Waals surface area contributed by atoms with E-state index in [0.29, 0.717) is 24.3 Å². The summed E-state index contributed by atoms with van der Waals surface area (Å²) < 4.78 is 18.8. The summed E-state index contributed by atoms with van der Waals surface area (Å²) in [7, 11) is 1.53. The SMILES string of the molecule is COc1ccc(C(=O)Nc2cc(F)ccc2C(=O)NCCCc2ccc(O)cc2)cc1. The Labute approximate surface area is 179 Å². The van der Waals surface area contributed by atoms with Gasteiger partial charge in [-0.1, -0.05) is 12.1 Å². The number of phenolic OH excluding ortho intramolecular Hbond substituents is 1. The van der Waals surface area contributed by atoms with Crippen molar-refractivity contribution in [3.05, 3.63) is 89.2 Å². The van der Waals surface area contributed by atoms with Crippen LogP contribution in [0.1, 0.15) is 32.7 Å². The number of nitrogens with one attached hydrogen (secondary N) is 2. The Balaban J connectivity index is 1.61. The van der Waals surface area contributed by atoms with Gasteiger partial charge in [0.15, 0.2) is 0 Å². The smallest absolute Gasteiger partial charge is 0.255 e. The van der Waals surface area contributed by atoms with E-state index in [0.717, 1.165) is 18.1 Å². The van der Waals surface area contributed by atoms with Crippen LogP contribution >= 0.6 is 0 Å². The number of hydrogen-bond donors (Lipinski definition) is 3. The van der Waals surface area contributed by atoms with Crippen LogP contribution < -0.4 is 15.4 Å². The molecule has 3 N–H and O–H groups in total. The second kappa shape index (κ2) is 10.2. The summed E-state index contributed by atoms with van der Waals surface area (Å²) in [6.07, 6.45) is 1.41. The van der Waals surface area contributed by atoms with E-state index in [2.05, 4.69) is 10.6 Å². The molecule has 0 aliphatic carbocycles. The van der Waals surface area contributed by atoms with E-state index < -0.39 is 17.6 Å². The maximum absolute atomic E-state index is 13.8. The number of carbonyl (C=O) groups is 2. The third-order valence-electron chi connectivity index (χ3n) is 4.69. The summed E-state index contributed by atoms with van der Waals surface area (Å²) in [4.78, 5) is 25.1. The van der Waals surface area contributed by atoms with E-state index >= 15 is 0 Å². The molecule has 0 heterocycles. The predicted molar refractivity (Wildman–Crippen MR) is 116 cm³/mol. The lowest BCUT2D eigenvalue weighted by atomic mass is 10.1. The lowest BCUT2D eigenvalue weighted by Crippen LogP contribution is -2.26. The van der Waals surface area contributed by atoms with Crippen LogP contribution in [-0.4, -0.2) is 30.6 Å². The molecule has 0 bridgehead atoms. The van der Waals surface area contributed by atoms with Crippen LogP contribution in [0.25, 0.3) is 0 Å². The molecule has 0 saturated carbocycles. The molecule has 0 unspecified atom stereocenters.